The molecule has 3 fully saturated rings. The van der Waals surface area contributed by atoms with Crippen molar-refractivity contribution in [1.82, 2.24) is 14.8 Å². The smallest absolute Gasteiger partial charge is 0.225 e. The minimum Gasteiger partial charge on any atom is -0.395 e. The third-order valence-electron chi connectivity index (χ3n) is 7.70. The Morgan fingerprint density at radius 3 is 2.32 bits per heavy atom. The van der Waals surface area contributed by atoms with E-state index in [1.165, 1.54) is 24.0 Å². The van der Waals surface area contributed by atoms with Crippen LogP contribution in [-0.2, 0) is 4.79 Å². The first kappa shape index (κ1) is 20.7. The average Bonchev–Trinajstić information content (AvgIpc) is 3.34. The predicted octanol–water partition coefficient (Wildman–Crippen LogP) is 3.69. The molecule has 0 bridgehead atoms. The number of benzene rings is 1. The Balaban J connectivity index is 1.36. The van der Waals surface area contributed by atoms with Crippen molar-refractivity contribution in [3.05, 3.63) is 54.4 Å². The molecular weight excluding hydrogens is 386 g/mol. The van der Waals surface area contributed by atoms with E-state index in [1.54, 1.807) is 0 Å². The van der Waals surface area contributed by atoms with E-state index < -0.39 is 0 Å². The zero-order chi connectivity index (χ0) is 21.2. The van der Waals surface area contributed by atoms with Crippen LogP contribution < -0.4 is 0 Å². The molecule has 1 amide bonds. The standard InChI is InChI=1S/C26H33N3O2/c30-18-24-25(21-9-7-19(8-10-21)20-11-13-27-14-12-20)23-17-28(15-3-4-16-29(23)24)26(31)22-5-1-2-6-22/h7-14,22-25,30H,1-6,15-18H2/t23-,24-,25+/m1/s1. The quantitative estimate of drug-likeness (QED) is 0.821. The Bertz CT molecular complexity index is 879. The van der Waals surface area contributed by atoms with Crippen molar-refractivity contribution in [2.75, 3.05) is 26.2 Å². The van der Waals surface area contributed by atoms with Crippen LogP contribution in [0.1, 0.15) is 50.0 Å². The summed E-state index contributed by atoms with van der Waals surface area (Å²) in [5.41, 5.74) is 3.61. The SMILES string of the molecule is O=C(C1CCCC1)N1CCCCN2[C@H](CO)[C@@H](c3ccc(-c4ccncc4)cc3)[C@H]2C1. The number of aliphatic hydroxyl groups excluding tert-OH is 1. The summed E-state index contributed by atoms with van der Waals surface area (Å²) in [5, 5.41) is 10.2. The highest BCUT2D eigenvalue weighted by Crippen LogP contribution is 2.42. The van der Waals surface area contributed by atoms with E-state index in [-0.39, 0.29) is 24.5 Å². The first-order valence-electron chi connectivity index (χ1n) is 11.9. The number of pyridine rings is 1. The summed E-state index contributed by atoms with van der Waals surface area (Å²) in [7, 11) is 0. The molecule has 3 heterocycles. The lowest BCUT2D eigenvalue weighted by Gasteiger charge is -2.57. The number of aliphatic hydroxyl groups is 1. The van der Waals surface area contributed by atoms with Gasteiger partial charge in [-0.1, -0.05) is 37.1 Å². The molecule has 2 aromatic rings. The number of fused-ring (bicyclic) bond motifs is 1. The van der Waals surface area contributed by atoms with Gasteiger partial charge >= 0.3 is 0 Å². The average molecular weight is 420 g/mol. The van der Waals surface area contributed by atoms with Gasteiger partial charge < -0.3 is 10.0 Å². The molecule has 1 aromatic heterocycles. The Morgan fingerprint density at radius 1 is 0.935 bits per heavy atom. The number of nitrogens with zero attached hydrogens (tertiary/aromatic N) is 3. The minimum atomic E-state index is 0.151. The highest BCUT2D eigenvalue weighted by atomic mass is 16.3. The number of amides is 1. The van der Waals surface area contributed by atoms with Gasteiger partial charge in [0.2, 0.25) is 5.91 Å². The molecule has 1 saturated carbocycles. The number of rotatable bonds is 4. The Kier molecular flexibility index (Phi) is 6.06. The third-order valence-corrected chi connectivity index (χ3v) is 7.70. The van der Waals surface area contributed by atoms with E-state index >= 15 is 0 Å². The van der Waals surface area contributed by atoms with Gasteiger partial charge in [0.15, 0.2) is 0 Å². The Hall–Kier alpha value is -2.24. The molecule has 5 heteroatoms. The molecular formula is C26H33N3O2. The molecule has 5 rings (SSSR count). The number of carbonyl (C=O) groups excluding carboxylic acids is 1. The van der Waals surface area contributed by atoms with Crippen LogP contribution in [0.5, 0.6) is 0 Å². The second kappa shape index (κ2) is 9.09. The van der Waals surface area contributed by atoms with Crippen LogP contribution in [0.15, 0.2) is 48.8 Å². The third kappa shape index (κ3) is 4.01. The number of carbonyl (C=O) groups is 1. The van der Waals surface area contributed by atoms with E-state index in [4.69, 9.17) is 0 Å². The van der Waals surface area contributed by atoms with Gasteiger partial charge in [0.05, 0.1) is 6.61 Å². The maximum atomic E-state index is 13.2. The molecule has 1 N–H and O–H groups in total. The van der Waals surface area contributed by atoms with Gasteiger partial charge in [-0.05, 0) is 61.1 Å². The van der Waals surface area contributed by atoms with Crippen molar-refractivity contribution in [2.24, 2.45) is 5.92 Å². The second-order valence-electron chi connectivity index (χ2n) is 9.41. The summed E-state index contributed by atoms with van der Waals surface area (Å²) in [5.74, 6) is 0.881. The van der Waals surface area contributed by atoms with Crippen molar-refractivity contribution in [3.63, 3.8) is 0 Å². The van der Waals surface area contributed by atoms with Crippen LogP contribution in [0.25, 0.3) is 11.1 Å². The van der Waals surface area contributed by atoms with Crippen LogP contribution in [0, 0.1) is 5.92 Å². The van der Waals surface area contributed by atoms with Crippen LogP contribution in [0.3, 0.4) is 0 Å². The van der Waals surface area contributed by atoms with Crippen molar-refractivity contribution in [2.45, 2.75) is 56.5 Å². The second-order valence-corrected chi connectivity index (χ2v) is 9.41. The Labute approximate surface area is 185 Å². The fraction of sp³-hybridized carbons (Fsp3) is 0.538. The molecule has 164 valence electrons. The zero-order valence-corrected chi connectivity index (χ0v) is 18.2. The lowest BCUT2D eigenvalue weighted by Crippen LogP contribution is -2.68. The Morgan fingerprint density at radius 2 is 1.61 bits per heavy atom. The summed E-state index contributed by atoms with van der Waals surface area (Å²) in [6.45, 7) is 2.87. The molecule has 2 aliphatic heterocycles. The number of aromatic nitrogens is 1. The van der Waals surface area contributed by atoms with Gasteiger partial charge in [0.25, 0.3) is 0 Å². The summed E-state index contributed by atoms with van der Waals surface area (Å²) in [6, 6.07) is 13.3. The van der Waals surface area contributed by atoms with Crippen molar-refractivity contribution >= 4 is 5.91 Å². The van der Waals surface area contributed by atoms with Crippen molar-refractivity contribution < 1.29 is 9.90 Å². The molecule has 0 unspecified atom stereocenters. The molecule has 0 spiro atoms. The molecule has 3 atom stereocenters. The molecule has 31 heavy (non-hydrogen) atoms. The highest BCUT2D eigenvalue weighted by molar-refractivity contribution is 5.79. The topological polar surface area (TPSA) is 56.7 Å². The van der Waals surface area contributed by atoms with Gasteiger partial charge in [0.1, 0.15) is 0 Å². The van der Waals surface area contributed by atoms with E-state index in [0.29, 0.717) is 11.9 Å². The van der Waals surface area contributed by atoms with Crippen molar-refractivity contribution in [3.8, 4) is 11.1 Å². The zero-order valence-electron chi connectivity index (χ0n) is 18.2. The summed E-state index contributed by atoms with van der Waals surface area (Å²) >= 11 is 0. The van der Waals surface area contributed by atoms with Gasteiger partial charge in [0, 0.05) is 49.4 Å². The minimum absolute atomic E-state index is 0.151. The van der Waals surface area contributed by atoms with Crippen LogP contribution in [-0.4, -0.2) is 64.1 Å². The highest BCUT2D eigenvalue weighted by Gasteiger charge is 2.49. The van der Waals surface area contributed by atoms with Crippen LogP contribution >= 0.6 is 0 Å². The van der Waals surface area contributed by atoms with E-state index in [2.05, 4.69) is 39.0 Å². The first-order chi connectivity index (χ1) is 15.3. The summed E-state index contributed by atoms with van der Waals surface area (Å²) in [4.78, 5) is 21.9. The normalized spacial score (nSPS) is 27.3. The molecule has 2 saturated heterocycles. The fourth-order valence-electron chi connectivity index (χ4n) is 6.01. The van der Waals surface area contributed by atoms with Gasteiger partial charge in [-0.25, -0.2) is 0 Å². The van der Waals surface area contributed by atoms with Gasteiger partial charge in [-0.2, -0.15) is 0 Å². The van der Waals surface area contributed by atoms with E-state index in [0.717, 1.165) is 50.9 Å². The van der Waals surface area contributed by atoms with Gasteiger partial charge in [-0.3, -0.25) is 14.7 Å². The van der Waals surface area contributed by atoms with E-state index in [9.17, 15) is 9.90 Å². The van der Waals surface area contributed by atoms with Crippen molar-refractivity contribution in [1.29, 1.82) is 0 Å². The molecule has 1 aliphatic carbocycles. The summed E-state index contributed by atoms with van der Waals surface area (Å²) in [6.07, 6.45) is 10.3. The fourth-order valence-corrected chi connectivity index (χ4v) is 6.01. The monoisotopic (exact) mass is 419 g/mol. The number of hydrogen-bond donors (Lipinski definition) is 1. The van der Waals surface area contributed by atoms with Crippen LogP contribution in [0.4, 0.5) is 0 Å². The van der Waals surface area contributed by atoms with Gasteiger partial charge in [-0.15, -0.1) is 0 Å². The molecule has 3 aliphatic rings. The van der Waals surface area contributed by atoms with Crippen LogP contribution in [0.2, 0.25) is 0 Å². The number of hydrogen-bond acceptors (Lipinski definition) is 4. The molecule has 5 nitrogen and oxygen atoms in total. The predicted molar refractivity (Wildman–Crippen MR) is 122 cm³/mol. The first-order valence-corrected chi connectivity index (χ1v) is 11.9. The molecule has 1 aromatic carbocycles. The molecule has 0 radical (unpaired) electrons. The maximum Gasteiger partial charge on any atom is 0.225 e. The lowest BCUT2D eigenvalue weighted by atomic mass is 9.74. The van der Waals surface area contributed by atoms with E-state index in [1.807, 2.05) is 24.5 Å². The lowest BCUT2D eigenvalue weighted by molar-refractivity contribution is -0.140. The summed E-state index contributed by atoms with van der Waals surface area (Å²) < 4.78 is 0. The maximum absolute atomic E-state index is 13.2. The largest absolute Gasteiger partial charge is 0.395 e.